The second-order valence-corrected chi connectivity index (χ2v) is 3.27. The van der Waals surface area contributed by atoms with E-state index in [9.17, 15) is 17.6 Å². The van der Waals surface area contributed by atoms with Gasteiger partial charge in [-0.25, -0.2) is 8.78 Å². The van der Waals surface area contributed by atoms with Crippen molar-refractivity contribution in [2.75, 3.05) is 13.2 Å². The van der Waals surface area contributed by atoms with E-state index in [0.29, 0.717) is 0 Å². The lowest BCUT2D eigenvalue weighted by Gasteiger charge is -2.15. The monoisotopic (exact) mass is 230 g/mol. The first-order chi connectivity index (χ1) is 6.75. The van der Waals surface area contributed by atoms with E-state index >= 15 is 0 Å². The van der Waals surface area contributed by atoms with Gasteiger partial charge >= 0.3 is 12.3 Å². The van der Waals surface area contributed by atoms with Crippen LogP contribution >= 0.6 is 0 Å². The molecule has 3 nitrogen and oxygen atoms in total. The predicted molar refractivity (Wildman–Crippen MR) is 48.5 cm³/mol. The summed E-state index contributed by atoms with van der Waals surface area (Å²) in [6.45, 7) is 1.74. The van der Waals surface area contributed by atoms with Crippen molar-refractivity contribution in [3.63, 3.8) is 0 Å². The minimum Gasteiger partial charge on any atom is -0.386 e. The molecule has 0 heterocycles. The van der Waals surface area contributed by atoms with Crippen LogP contribution in [0.5, 0.6) is 0 Å². The Morgan fingerprint density at radius 2 is 1.93 bits per heavy atom. The van der Waals surface area contributed by atoms with Gasteiger partial charge in [0.2, 0.25) is 0 Å². The summed E-state index contributed by atoms with van der Waals surface area (Å²) in [4.78, 5) is 3.78. The van der Waals surface area contributed by atoms with Gasteiger partial charge in [-0.3, -0.25) is 4.99 Å². The summed E-state index contributed by atoms with van der Waals surface area (Å²) in [5.41, 5.74) is 5.27. The van der Waals surface area contributed by atoms with Crippen LogP contribution < -0.4 is 5.73 Å². The van der Waals surface area contributed by atoms with Crippen LogP contribution in [0.25, 0.3) is 0 Å². The topological polar surface area (TPSA) is 47.6 Å². The first kappa shape index (κ1) is 14.2. The summed E-state index contributed by atoms with van der Waals surface area (Å²) in [6, 6.07) is -0.0933. The summed E-state index contributed by atoms with van der Waals surface area (Å²) in [7, 11) is 0. The van der Waals surface area contributed by atoms with E-state index in [1.54, 1.807) is 13.8 Å². The molecule has 0 aromatic rings. The fraction of sp³-hybridized carbons (Fsp3) is 0.875. The highest BCUT2D eigenvalue weighted by atomic mass is 19.3. The average Bonchev–Trinajstić information content (AvgIpc) is 2.01. The summed E-state index contributed by atoms with van der Waals surface area (Å²) >= 11 is 0. The highest BCUT2D eigenvalue weighted by Crippen LogP contribution is 2.22. The Bertz CT molecular complexity index is 219. The van der Waals surface area contributed by atoms with Crippen molar-refractivity contribution >= 4 is 5.84 Å². The zero-order valence-electron chi connectivity index (χ0n) is 8.51. The molecule has 0 saturated carbocycles. The number of nitrogens with zero attached hydrogens (tertiary/aromatic N) is 1. The van der Waals surface area contributed by atoms with Crippen molar-refractivity contribution < 1.29 is 22.3 Å². The summed E-state index contributed by atoms with van der Waals surface area (Å²) in [5, 5.41) is 0. The van der Waals surface area contributed by atoms with Gasteiger partial charge in [-0.2, -0.15) is 8.78 Å². The molecule has 0 aliphatic heterocycles. The van der Waals surface area contributed by atoms with Crippen LogP contribution in [-0.4, -0.2) is 37.4 Å². The first-order valence-corrected chi connectivity index (χ1v) is 4.31. The number of aliphatic imine (C=N–C) groups is 1. The first-order valence-electron chi connectivity index (χ1n) is 4.31. The number of hydrogen-bond donors (Lipinski definition) is 1. The molecule has 90 valence electrons. The molecule has 0 atom stereocenters. The third-order valence-electron chi connectivity index (χ3n) is 1.29. The molecule has 0 aliphatic carbocycles. The number of alkyl halides is 4. The Balaban J connectivity index is 3.89. The molecule has 0 amide bonds. The highest BCUT2D eigenvalue weighted by molar-refractivity contribution is 5.81. The summed E-state index contributed by atoms with van der Waals surface area (Å²) in [6.07, 6.45) is -3.74. The number of ether oxygens (including phenoxy) is 1. The number of nitrogens with two attached hydrogens (primary N) is 1. The van der Waals surface area contributed by atoms with Crippen molar-refractivity contribution in [3.8, 4) is 0 Å². The third kappa shape index (κ3) is 6.27. The van der Waals surface area contributed by atoms with E-state index in [-0.39, 0.29) is 18.5 Å². The van der Waals surface area contributed by atoms with Crippen molar-refractivity contribution in [3.05, 3.63) is 0 Å². The quantitative estimate of drug-likeness (QED) is 0.428. The zero-order chi connectivity index (χ0) is 12.1. The molecular weight excluding hydrogens is 216 g/mol. The van der Waals surface area contributed by atoms with Gasteiger partial charge in [0.15, 0.2) is 0 Å². The van der Waals surface area contributed by atoms with Gasteiger partial charge in [-0.05, 0) is 13.8 Å². The fourth-order valence-corrected chi connectivity index (χ4v) is 0.724. The van der Waals surface area contributed by atoms with Crippen molar-refractivity contribution in [2.24, 2.45) is 10.7 Å². The van der Waals surface area contributed by atoms with Gasteiger partial charge in [0.25, 0.3) is 0 Å². The van der Waals surface area contributed by atoms with Gasteiger partial charge in [-0.15, -0.1) is 0 Å². The number of hydrogen-bond acceptors (Lipinski definition) is 2. The van der Waals surface area contributed by atoms with E-state index in [1.807, 2.05) is 0 Å². The molecule has 0 aromatic carbocycles. The van der Waals surface area contributed by atoms with Crippen LogP contribution in [-0.2, 0) is 4.74 Å². The molecule has 0 aromatic heterocycles. The maximum absolute atomic E-state index is 12.3. The lowest BCUT2D eigenvalue weighted by molar-refractivity contribution is -0.162. The Morgan fingerprint density at radius 1 is 1.40 bits per heavy atom. The Kier molecular flexibility index (Phi) is 5.56. The number of amidine groups is 1. The molecule has 0 spiro atoms. The van der Waals surface area contributed by atoms with Gasteiger partial charge in [0.05, 0.1) is 0 Å². The lowest BCUT2D eigenvalue weighted by Crippen LogP contribution is -2.34. The van der Waals surface area contributed by atoms with Crippen molar-refractivity contribution in [1.82, 2.24) is 0 Å². The highest BCUT2D eigenvalue weighted by Gasteiger charge is 2.40. The van der Waals surface area contributed by atoms with Gasteiger partial charge in [-0.1, -0.05) is 0 Å². The van der Waals surface area contributed by atoms with Crippen molar-refractivity contribution in [2.45, 2.75) is 32.2 Å². The van der Waals surface area contributed by atoms with E-state index in [0.717, 1.165) is 0 Å². The molecule has 7 heteroatoms. The Hall–Kier alpha value is -0.850. The van der Waals surface area contributed by atoms with Gasteiger partial charge in [0.1, 0.15) is 19.0 Å². The molecular formula is C8H14F4N2O. The fourth-order valence-electron chi connectivity index (χ4n) is 0.724. The van der Waals surface area contributed by atoms with Crippen LogP contribution in [0.15, 0.2) is 4.99 Å². The maximum atomic E-state index is 12.3. The molecule has 0 rings (SSSR count). The SMILES string of the molecule is CC(C)N=C(N)COCC(F)(F)C(F)F. The molecule has 0 radical (unpaired) electrons. The smallest absolute Gasteiger partial charge is 0.330 e. The molecule has 0 saturated heterocycles. The zero-order valence-corrected chi connectivity index (χ0v) is 8.51. The molecule has 0 unspecified atom stereocenters. The standard InChI is InChI=1S/C8H14F4N2O/c1-5(2)14-6(13)3-15-4-8(11,12)7(9)10/h5,7H,3-4H2,1-2H3,(H2,13,14). The van der Waals surface area contributed by atoms with Crippen molar-refractivity contribution in [1.29, 1.82) is 0 Å². The van der Waals surface area contributed by atoms with Gasteiger partial charge < -0.3 is 10.5 Å². The van der Waals surface area contributed by atoms with Crippen LogP contribution in [0, 0.1) is 0 Å². The lowest BCUT2D eigenvalue weighted by atomic mass is 10.4. The average molecular weight is 230 g/mol. The van der Waals surface area contributed by atoms with Crippen LogP contribution in [0.2, 0.25) is 0 Å². The minimum absolute atomic E-state index is 0.00932. The summed E-state index contributed by atoms with van der Waals surface area (Å²) < 4.78 is 52.3. The van der Waals surface area contributed by atoms with E-state index < -0.39 is 19.0 Å². The Morgan fingerprint density at radius 3 is 2.33 bits per heavy atom. The predicted octanol–water partition coefficient (Wildman–Crippen LogP) is 1.67. The molecule has 15 heavy (non-hydrogen) atoms. The summed E-state index contributed by atoms with van der Waals surface area (Å²) in [5.74, 6) is -4.13. The normalized spacial score (nSPS) is 14.0. The molecule has 0 aliphatic rings. The van der Waals surface area contributed by atoms with Gasteiger partial charge in [0, 0.05) is 6.04 Å². The maximum Gasteiger partial charge on any atom is 0.330 e. The third-order valence-corrected chi connectivity index (χ3v) is 1.29. The molecule has 0 bridgehead atoms. The largest absolute Gasteiger partial charge is 0.386 e. The van der Waals surface area contributed by atoms with E-state index in [2.05, 4.69) is 9.73 Å². The van der Waals surface area contributed by atoms with Crippen LogP contribution in [0.4, 0.5) is 17.6 Å². The minimum atomic E-state index is -4.14. The second-order valence-electron chi connectivity index (χ2n) is 3.27. The van der Waals surface area contributed by atoms with Crippen LogP contribution in [0.3, 0.4) is 0 Å². The second kappa shape index (κ2) is 5.89. The van der Waals surface area contributed by atoms with E-state index in [4.69, 9.17) is 5.73 Å². The van der Waals surface area contributed by atoms with Crippen LogP contribution in [0.1, 0.15) is 13.8 Å². The van der Waals surface area contributed by atoms with E-state index in [1.165, 1.54) is 0 Å². The molecule has 2 N–H and O–H groups in total. The molecule has 0 fully saturated rings. The number of halogens is 4. The number of rotatable bonds is 6. The Labute approximate surface area is 85.3 Å².